The Balaban J connectivity index is 4.13. The van der Waals surface area contributed by atoms with Crippen LogP contribution in [0.1, 0.15) is 0 Å². The van der Waals surface area contributed by atoms with Crippen molar-refractivity contribution in [1.82, 2.24) is 0 Å². The molecule has 0 amide bonds. The summed E-state index contributed by atoms with van der Waals surface area (Å²) in [5.74, 6) is -72.1. The van der Waals surface area contributed by atoms with Gasteiger partial charge in [0.25, 0.3) is 0 Å². The van der Waals surface area contributed by atoms with E-state index in [-0.39, 0.29) is 0 Å². The molecule has 0 aliphatic heterocycles. The fraction of sp³-hybridized carbons (Fsp3) is 0.571. The van der Waals surface area contributed by atoms with Crippen molar-refractivity contribution >= 4 is 30.6 Å². The van der Waals surface area contributed by atoms with Crippen molar-refractivity contribution in [1.29, 1.82) is 0 Å². The maximum atomic E-state index is 14.5. The van der Waals surface area contributed by atoms with Crippen LogP contribution < -0.4 is 0 Å². The van der Waals surface area contributed by atoms with E-state index in [2.05, 4.69) is 2.51 Å². The van der Waals surface area contributed by atoms with E-state index in [4.69, 9.17) is 4.55 Å². The van der Waals surface area contributed by atoms with Crippen molar-refractivity contribution in [3.8, 4) is 0 Å². The molecule has 1 N–H and O–H groups in total. The molecule has 0 saturated carbocycles. The Morgan fingerprint density at radius 3 is 1.02 bits per heavy atom. The molecule has 0 spiro atoms. The molecule has 0 radical (unpaired) electrons. The molecule has 4 nitrogen and oxygen atoms in total. The van der Waals surface area contributed by atoms with Crippen LogP contribution in [-0.4, -0.2) is 58.6 Å². The van der Waals surface area contributed by atoms with Crippen LogP contribution in [0.5, 0.6) is 0 Å². The van der Waals surface area contributed by atoms with Crippen LogP contribution in [0.4, 0.5) is 96.6 Å². The summed E-state index contributed by atoms with van der Waals surface area (Å²) in [5, 5.41) is 0. The maximum absolute atomic E-state index is 14.5. The standard InChI is InChI=1S/C14HF22IO4S/c15-1-2(16)4(18)6(5(19)3(1)17)37(41-42(38,39)40)14(35,36)12(30,31)10(26,27)8(22,23)7(20,21)9(24,25)11(28,29)13(32,33)34/h(H,38,39,40). The molecule has 0 aromatic heterocycles. The molecule has 0 fully saturated rings. The summed E-state index contributed by atoms with van der Waals surface area (Å²) in [6.45, 7) is 0. The monoisotopic (exact) mass is 810 g/mol. The number of rotatable bonds is 10. The van der Waals surface area contributed by atoms with Crippen molar-refractivity contribution in [2.24, 2.45) is 0 Å². The normalized spacial score (nSPS) is 15.7. The number of halogens is 23. The molecular formula is C14HF22IO4S. The van der Waals surface area contributed by atoms with E-state index in [0.29, 0.717) is 0 Å². The van der Waals surface area contributed by atoms with Crippen LogP contribution >= 0.6 is 20.2 Å². The van der Waals surface area contributed by atoms with Crippen molar-refractivity contribution in [2.45, 2.75) is 45.6 Å². The fourth-order valence-corrected chi connectivity index (χ4v) is 8.10. The van der Waals surface area contributed by atoms with E-state index >= 15 is 0 Å². The second kappa shape index (κ2) is 10.4. The Bertz CT molecular complexity index is 1290. The fourth-order valence-electron chi connectivity index (χ4n) is 2.25. The SMILES string of the molecule is O=S(=O)(O)OI(c1c(F)c(F)c(F)c(F)c1F)C(F)(F)C(F)(F)C(F)(F)C(F)(F)C(F)(F)C(F)(F)C(F)(F)C(F)(F)F. The zero-order valence-corrected chi connectivity index (χ0v) is 20.7. The molecule has 0 aliphatic rings. The van der Waals surface area contributed by atoms with Gasteiger partial charge in [-0.05, 0) is 0 Å². The molecule has 0 saturated heterocycles. The molecule has 0 bridgehead atoms. The van der Waals surface area contributed by atoms with Crippen LogP contribution in [0.25, 0.3) is 0 Å². The molecule has 248 valence electrons. The van der Waals surface area contributed by atoms with Crippen molar-refractivity contribution in [2.75, 3.05) is 0 Å². The Morgan fingerprint density at radius 2 is 0.738 bits per heavy atom. The van der Waals surface area contributed by atoms with Gasteiger partial charge in [-0.25, -0.2) is 0 Å². The van der Waals surface area contributed by atoms with Gasteiger partial charge in [0, 0.05) is 0 Å². The summed E-state index contributed by atoms with van der Waals surface area (Å²) in [5.41, 5.74) is 0. The van der Waals surface area contributed by atoms with E-state index in [9.17, 15) is 105 Å². The first-order chi connectivity index (χ1) is 18.0. The van der Waals surface area contributed by atoms with Gasteiger partial charge in [-0.15, -0.1) is 0 Å². The molecule has 1 aromatic carbocycles. The summed E-state index contributed by atoms with van der Waals surface area (Å²) in [6.07, 6.45) is -8.08. The minimum absolute atomic E-state index is 2.58. The van der Waals surface area contributed by atoms with Crippen molar-refractivity contribution < 1.29 is 112 Å². The van der Waals surface area contributed by atoms with E-state index in [1.807, 2.05) is 0 Å². The second-order valence-corrected chi connectivity index (χ2v) is 13.0. The third-order valence-electron chi connectivity index (χ3n) is 4.37. The average molecular weight is 810 g/mol. The third kappa shape index (κ3) is 5.29. The average Bonchev–Trinajstić information content (AvgIpc) is 2.78. The van der Waals surface area contributed by atoms with Crippen LogP contribution in [-0.2, 0) is 12.9 Å². The molecular weight excluding hydrogens is 809 g/mol. The first-order valence-electron chi connectivity index (χ1n) is 8.62. The summed E-state index contributed by atoms with van der Waals surface area (Å²) in [7, 11) is -7.09. The van der Waals surface area contributed by atoms with Crippen LogP contribution in [0.15, 0.2) is 0 Å². The van der Waals surface area contributed by atoms with Crippen LogP contribution in [0.3, 0.4) is 0 Å². The number of alkyl halides is 18. The van der Waals surface area contributed by atoms with Gasteiger partial charge in [0.15, 0.2) is 0 Å². The van der Waals surface area contributed by atoms with E-state index in [0.717, 1.165) is 0 Å². The number of hydrogen-bond donors (Lipinski definition) is 1. The van der Waals surface area contributed by atoms with E-state index in [1.54, 1.807) is 0 Å². The molecule has 0 atom stereocenters. The van der Waals surface area contributed by atoms with Gasteiger partial charge in [-0.2, -0.15) is 0 Å². The summed E-state index contributed by atoms with van der Waals surface area (Å²) in [4.78, 5) is 0. The first-order valence-corrected chi connectivity index (χ1v) is 13.0. The minimum atomic E-state index is -9.23. The van der Waals surface area contributed by atoms with E-state index in [1.165, 1.54) is 0 Å². The zero-order chi connectivity index (χ0) is 34.2. The van der Waals surface area contributed by atoms with Gasteiger partial charge >= 0.3 is 221 Å². The van der Waals surface area contributed by atoms with Gasteiger partial charge in [0.05, 0.1) is 0 Å². The Labute approximate surface area is 221 Å². The number of hydrogen-bond acceptors (Lipinski definition) is 3. The molecule has 1 rings (SSSR count). The van der Waals surface area contributed by atoms with Gasteiger partial charge < -0.3 is 0 Å². The van der Waals surface area contributed by atoms with Gasteiger partial charge in [0.2, 0.25) is 0 Å². The molecule has 28 heteroatoms. The second-order valence-electron chi connectivity index (χ2n) is 7.07. The van der Waals surface area contributed by atoms with Crippen molar-refractivity contribution in [3.05, 3.63) is 32.7 Å². The topological polar surface area (TPSA) is 63.6 Å². The summed E-state index contributed by atoms with van der Waals surface area (Å²) in [6, 6.07) is 0. The zero-order valence-electron chi connectivity index (χ0n) is 17.8. The Kier molecular flexibility index (Phi) is 9.51. The Morgan fingerprint density at radius 1 is 0.476 bits per heavy atom. The number of benzene rings is 1. The molecule has 0 aliphatic carbocycles. The third-order valence-corrected chi connectivity index (χ3v) is 10.9. The van der Waals surface area contributed by atoms with Crippen LogP contribution in [0.2, 0.25) is 0 Å². The molecule has 42 heavy (non-hydrogen) atoms. The Hall–Kier alpha value is -1.72. The molecule has 1 aromatic rings. The predicted octanol–water partition coefficient (Wildman–Crippen LogP) is 7.76. The van der Waals surface area contributed by atoms with Gasteiger partial charge in [-0.3, -0.25) is 0 Å². The first kappa shape index (κ1) is 38.3. The van der Waals surface area contributed by atoms with Gasteiger partial charge in [0.1, 0.15) is 0 Å². The summed E-state index contributed by atoms with van der Waals surface area (Å²) >= 11 is -8.18. The molecule has 0 heterocycles. The van der Waals surface area contributed by atoms with Gasteiger partial charge in [-0.1, -0.05) is 0 Å². The predicted molar refractivity (Wildman–Crippen MR) is 92.3 cm³/mol. The van der Waals surface area contributed by atoms with Crippen LogP contribution in [0, 0.1) is 32.7 Å². The summed E-state index contributed by atoms with van der Waals surface area (Å²) < 4.78 is 317. The van der Waals surface area contributed by atoms with Crippen molar-refractivity contribution in [3.63, 3.8) is 0 Å². The molecule has 0 unspecified atom stereocenters. The van der Waals surface area contributed by atoms with E-state index < -0.39 is 109 Å². The quantitative estimate of drug-likeness (QED) is 0.0656.